The number of nitrogens with one attached hydrogen (secondary N) is 1. The van der Waals surface area contributed by atoms with Crippen LogP contribution in [0.4, 0.5) is 0 Å². The van der Waals surface area contributed by atoms with Gasteiger partial charge in [-0.05, 0) is 38.8 Å². The van der Waals surface area contributed by atoms with Crippen LogP contribution in [-0.2, 0) is 17.8 Å². The molecule has 0 saturated carbocycles. The molecule has 1 atom stereocenters. The first kappa shape index (κ1) is 16.4. The van der Waals surface area contributed by atoms with E-state index < -0.39 is 0 Å². The first-order valence-electron chi connectivity index (χ1n) is 7.99. The number of ether oxygens (including phenoxy) is 1. The lowest BCUT2D eigenvalue weighted by molar-refractivity contribution is -0.0328. The van der Waals surface area contributed by atoms with Crippen molar-refractivity contribution in [3.05, 3.63) is 29.6 Å². The van der Waals surface area contributed by atoms with Crippen molar-refractivity contribution < 1.29 is 4.74 Å². The summed E-state index contributed by atoms with van der Waals surface area (Å²) >= 11 is 0. The Labute approximate surface area is 128 Å². The fraction of sp³-hybridized carbons (Fsp3) is 0.706. The summed E-state index contributed by atoms with van der Waals surface area (Å²) in [5.74, 6) is 0. The van der Waals surface area contributed by atoms with Gasteiger partial charge in [0.2, 0.25) is 0 Å². The first-order chi connectivity index (χ1) is 9.96. The number of morpholine rings is 1. The highest BCUT2D eigenvalue weighted by Crippen LogP contribution is 2.12. The van der Waals surface area contributed by atoms with Gasteiger partial charge in [0.25, 0.3) is 0 Å². The molecule has 118 valence electrons. The third-order valence-electron chi connectivity index (χ3n) is 3.77. The number of aromatic nitrogens is 1. The topological polar surface area (TPSA) is 37.4 Å². The molecular weight excluding hydrogens is 262 g/mol. The van der Waals surface area contributed by atoms with E-state index in [0.29, 0.717) is 6.10 Å². The molecule has 0 aliphatic carbocycles. The van der Waals surface area contributed by atoms with Crippen molar-refractivity contribution in [3.63, 3.8) is 0 Å². The van der Waals surface area contributed by atoms with Crippen LogP contribution in [0.5, 0.6) is 0 Å². The van der Waals surface area contributed by atoms with Crippen molar-refractivity contribution in [2.24, 2.45) is 0 Å². The highest BCUT2D eigenvalue weighted by Gasteiger charge is 2.19. The number of pyridine rings is 1. The van der Waals surface area contributed by atoms with Crippen molar-refractivity contribution in [3.8, 4) is 0 Å². The van der Waals surface area contributed by atoms with Crippen LogP contribution in [0.1, 0.15) is 45.4 Å². The normalized spacial score (nSPS) is 20.7. The predicted molar refractivity (Wildman–Crippen MR) is 86.1 cm³/mol. The molecule has 1 aromatic rings. The van der Waals surface area contributed by atoms with Gasteiger partial charge in [-0.2, -0.15) is 0 Å². The van der Waals surface area contributed by atoms with E-state index in [1.807, 2.05) is 6.20 Å². The molecule has 1 saturated heterocycles. The quantitative estimate of drug-likeness (QED) is 0.905. The van der Waals surface area contributed by atoms with Crippen molar-refractivity contribution in [1.82, 2.24) is 15.2 Å². The fourth-order valence-corrected chi connectivity index (χ4v) is 2.42. The van der Waals surface area contributed by atoms with Gasteiger partial charge in [0.15, 0.2) is 0 Å². The Morgan fingerprint density at radius 2 is 2.19 bits per heavy atom. The summed E-state index contributed by atoms with van der Waals surface area (Å²) in [6, 6.07) is 4.33. The second kappa shape index (κ2) is 7.34. The molecule has 4 heteroatoms. The minimum atomic E-state index is 0.141. The van der Waals surface area contributed by atoms with Crippen LogP contribution in [0.15, 0.2) is 18.3 Å². The maximum atomic E-state index is 5.71. The van der Waals surface area contributed by atoms with E-state index in [0.717, 1.165) is 44.9 Å². The van der Waals surface area contributed by atoms with Gasteiger partial charge in [0.05, 0.1) is 18.4 Å². The number of rotatable bonds is 5. The molecule has 0 amide bonds. The zero-order valence-electron chi connectivity index (χ0n) is 13.9. The summed E-state index contributed by atoms with van der Waals surface area (Å²) in [5.41, 5.74) is 2.52. The Morgan fingerprint density at radius 3 is 2.81 bits per heavy atom. The molecular formula is C17H29N3O. The van der Waals surface area contributed by atoms with Gasteiger partial charge >= 0.3 is 0 Å². The zero-order chi connectivity index (χ0) is 15.3. The van der Waals surface area contributed by atoms with Gasteiger partial charge in [-0.1, -0.05) is 13.0 Å². The minimum absolute atomic E-state index is 0.141. The molecule has 1 N–H and O–H groups in total. The number of nitrogens with zero attached hydrogens (tertiary/aromatic N) is 2. The molecule has 1 aliphatic rings. The van der Waals surface area contributed by atoms with Gasteiger partial charge in [0, 0.05) is 37.9 Å². The Balaban J connectivity index is 1.84. The Bertz CT molecular complexity index is 425. The highest BCUT2D eigenvalue weighted by atomic mass is 16.5. The van der Waals surface area contributed by atoms with Crippen molar-refractivity contribution in [1.29, 1.82) is 0 Å². The lowest BCUT2D eigenvalue weighted by Gasteiger charge is -2.32. The molecule has 2 rings (SSSR count). The van der Waals surface area contributed by atoms with Crippen LogP contribution in [-0.4, -0.2) is 41.2 Å². The summed E-state index contributed by atoms with van der Waals surface area (Å²) in [7, 11) is 0. The maximum absolute atomic E-state index is 5.71. The van der Waals surface area contributed by atoms with E-state index in [1.165, 1.54) is 5.56 Å². The lowest BCUT2D eigenvalue weighted by atomic mass is 10.1. The van der Waals surface area contributed by atoms with Crippen molar-refractivity contribution in [2.45, 2.75) is 58.8 Å². The molecule has 0 radical (unpaired) electrons. The van der Waals surface area contributed by atoms with Gasteiger partial charge in [-0.15, -0.1) is 0 Å². The molecule has 1 aromatic heterocycles. The van der Waals surface area contributed by atoms with Crippen molar-refractivity contribution >= 4 is 0 Å². The molecule has 1 unspecified atom stereocenters. The molecule has 0 aromatic carbocycles. The highest BCUT2D eigenvalue weighted by molar-refractivity contribution is 5.14. The van der Waals surface area contributed by atoms with E-state index >= 15 is 0 Å². The average molecular weight is 291 g/mol. The first-order valence-corrected chi connectivity index (χ1v) is 7.99. The second-order valence-corrected chi connectivity index (χ2v) is 6.90. The lowest BCUT2D eigenvalue weighted by Crippen LogP contribution is -2.41. The molecule has 0 bridgehead atoms. The standard InChI is InChI=1S/C17H29N3O/c1-5-16-13-20(8-9-21-16)12-15-7-6-14(10-18-15)11-19-17(2,3)4/h6-7,10,16,19H,5,8-9,11-13H2,1-4H3. The van der Waals surface area contributed by atoms with Gasteiger partial charge < -0.3 is 10.1 Å². The molecule has 0 spiro atoms. The van der Waals surface area contributed by atoms with E-state index in [9.17, 15) is 0 Å². The largest absolute Gasteiger partial charge is 0.376 e. The number of hydrogen-bond donors (Lipinski definition) is 1. The monoisotopic (exact) mass is 291 g/mol. The van der Waals surface area contributed by atoms with E-state index in [2.05, 4.69) is 55.0 Å². The maximum Gasteiger partial charge on any atom is 0.0700 e. The van der Waals surface area contributed by atoms with Crippen LogP contribution < -0.4 is 5.32 Å². The summed E-state index contributed by atoms with van der Waals surface area (Å²) in [6.07, 6.45) is 3.46. The molecule has 4 nitrogen and oxygen atoms in total. The smallest absolute Gasteiger partial charge is 0.0700 e. The minimum Gasteiger partial charge on any atom is -0.376 e. The van der Waals surface area contributed by atoms with Crippen LogP contribution in [0, 0.1) is 0 Å². The summed E-state index contributed by atoms with van der Waals surface area (Å²) in [5, 5.41) is 3.49. The third kappa shape index (κ3) is 5.73. The summed E-state index contributed by atoms with van der Waals surface area (Å²) < 4.78 is 5.71. The average Bonchev–Trinajstić information content (AvgIpc) is 2.46. The van der Waals surface area contributed by atoms with E-state index in [1.54, 1.807) is 0 Å². The fourth-order valence-electron chi connectivity index (χ4n) is 2.42. The SMILES string of the molecule is CCC1CN(Cc2ccc(CNC(C)(C)C)cn2)CCO1. The Kier molecular flexibility index (Phi) is 5.73. The zero-order valence-corrected chi connectivity index (χ0v) is 13.9. The Morgan fingerprint density at radius 1 is 1.38 bits per heavy atom. The molecule has 2 heterocycles. The molecule has 1 aliphatic heterocycles. The number of hydrogen-bond acceptors (Lipinski definition) is 4. The molecule has 21 heavy (non-hydrogen) atoms. The van der Waals surface area contributed by atoms with Crippen LogP contribution in [0.3, 0.4) is 0 Å². The third-order valence-corrected chi connectivity index (χ3v) is 3.77. The van der Waals surface area contributed by atoms with Crippen LogP contribution >= 0.6 is 0 Å². The van der Waals surface area contributed by atoms with Crippen LogP contribution in [0.2, 0.25) is 0 Å². The predicted octanol–water partition coefficient (Wildman–Crippen LogP) is 2.58. The van der Waals surface area contributed by atoms with Gasteiger partial charge in [-0.25, -0.2) is 0 Å². The second-order valence-electron chi connectivity index (χ2n) is 6.90. The Hall–Kier alpha value is -0.970. The van der Waals surface area contributed by atoms with Crippen LogP contribution in [0.25, 0.3) is 0 Å². The van der Waals surface area contributed by atoms with E-state index in [4.69, 9.17) is 4.74 Å². The summed E-state index contributed by atoms with van der Waals surface area (Å²) in [4.78, 5) is 7.04. The van der Waals surface area contributed by atoms with E-state index in [-0.39, 0.29) is 5.54 Å². The van der Waals surface area contributed by atoms with Gasteiger partial charge in [0.1, 0.15) is 0 Å². The molecule has 1 fully saturated rings. The van der Waals surface area contributed by atoms with Gasteiger partial charge in [-0.3, -0.25) is 9.88 Å². The summed E-state index contributed by atoms with van der Waals surface area (Å²) in [6.45, 7) is 13.4. The van der Waals surface area contributed by atoms with Crippen molar-refractivity contribution in [2.75, 3.05) is 19.7 Å².